The number of thiophene rings is 2. The number of fused-ring (bicyclic) bond motifs is 12. The maximum atomic E-state index is 2.39. The van der Waals surface area contributed by atoms with Gasteiger partial charge in [0.25, 0.3) is 0 Å². The fourth-order valence-corrected chi connectivity index (χ4v) is 9.47. The van der Waals surface area contributed by atoms with Gasteiger partial charge in [0.05, 0.1) is 0 Å². The van der Waals surface area contributed by atoms with Crippen molar-refractivity contribution in [1.29, 1.82) is 0 Å². The van der Waals surface area contributed by atoms with E-state index in [-0.39, 0.29) is 0 Å². The van der Waals surface area contributed by atoms with Gasteiger partial charge >= 0.3 is 0 Å². The van der Waals surface area contributed by atoms with Crippen molar-refractivity contribution >= 4 is 87.3 Å². The Morgan fingerprint density at radius 1 is 0.217 bits per heavy atom. The van der Waals surface area contributed by atoms with E-state index in [1.165, 1.54) is 95.3 Å². The minimum absolute atomic E-state index is 1.27. The van der Waals surface area contributed by atoms with Crippen LogP contribution in [0.15, 0.2) is 158 Å². The first-order chi connectivity index (χ1) is 22.8. The molecular weight excluding hydrogens is 593 g/mol. The van der Waals surface area contributed by atoms with Gasteiger partial charge in [0.15, 0.2) is 0 Å². The van der Waals surface area contributed by atoms with Crippen LogP contribution in [0, 0.1) is 0 Å². The Hall–Kier alpha value is -5.28. The van der Waals surface area contributed by atoms with E-state index in [0.29, 0.717) is 0 Å². The summed E-state index contributed by atoms with van der Waals surface area (Å²) in [5.74, 6) is 0. The Kier molecular flexibility index (Phi) is 5.72. The van der Waals surface area contributed by atoms with Crippen LogP contribution < -0.4 is 0 Å². The van der Waals surface area contributed by atoms with Crippen molar-refractivity contribution in [2.45, 2.75) is 0 Å². The number of rotatable bonds is 3. The summed E-state index contributed by atoms with van der Waals surface area (Å²) in [6.07, 6.45) is 0. The molecule has 214 valence electrons. The fraction of sp³-hybridized carbons (Fsp3) is 0. The molecule has 0 unspecified atom stereocenters. The highest BCUT2D eigenvalue weighted by Gasteiger charge is 2.14. The van der Waals surface area contributed by atoms with Gasteiger partial charge in [0, 0.05) is 19.5 Å². The summed E-state index contributed by atoms with van der Waals surface area (Å²) in [6, 6.07) is 58.4. The molecular formula is C44H26S2. The number of benzene rings is 8. The van der Waals surface area contributed by atoms with Gasteiger partial charge < -0.3 is 0 Å². The van der Waals surface area contributed by atoms with Crippen LogP contribution in [0.4, 0.5) is 0 Å². The first-order valence-electron chi connectivity index (χ1n) is 15.7. The summed E-state index contributed by atoms with van der Waals surface area (Å²) in [7, 11) is 0. The second kappa shape index (κ2) is 10.1. The van der Waals surface area contributed by atoms with Crippen LogP contribution in [0.5, 0.6) is 0 Å². The minimum atomic E-state index is 1.27. The number of hydrogen-bond acceptors (Lipinski definition) is 2. The first-order valence-corrected chi connectivity index (χ1v) is 17.3. The molecule has 0 fully saturated rings. The molecule has 0 nitrogen and oxygen atoms in total. The highest BCUT2D eigenvalue weighted by Crippen LogP contribution is 2.44. The SMILES string of the molecule is c1ccc2c(c1)c1ccccc1c1cc(-c3ccc(-c4ccc(-c5ccc6c7ccccc7c7ccccc7c6c5)s4)s3)ccc21. The molecule has 2 aromatic heterocycles. The van der Waals surface area contributed by atoms with E-state index in [2.05, 4.69) is 158 Å². The van der Waals surface area contributed by atoms with Crippen LogP contribution in [-0.4, -0.2) is 0 Å². The predicted octanol–water partition coefficient (Wildman–Crippen LogP) is 13.7. The van der Waals surface area contributed by atoms with E-state index < -0.39 is 0 Å². The van der Waals surface area contributed by atoms with Crippen molar-refractivity contribution in [3.8, 4) is 30.6 Å². The van der Waals surface area contributed by atoms with Crippen LogP contribution >= 0.6 is 22.7 Å². The van der Waals surface area contributed by atoms with Gasteiger partial charge in [-0.3, -0.25) is 0 Å². The van der Waals surface area contributed by atoms with Crippen LogP contribution in [0.2, 0.25) is 0 Å². The Labute approximate surface area is 274 Å². The molecule has 0 aliphatic heterocycles. The van der Waals surface area contributed by atoms with Crippen molar-refractivity contribution in [3.05, 3.63) is 158 Å². The maximum absolute atomic E-state index is 2.39. The highest BCUT2D eigenvalue weighted by atomic mass is 32.1. The zero-order valence-electron chi connectivity index (χ0n) is 24.8. The Balaban J connectivity index is 1.05. The van der Waals surface area contributed by atoms with Crippen LogP contribution in [0.1, 0.15) is 0 Å². The monoisotopic (exact) mass is 618 g/mol. The Morgan fingerprint density at radius 2 is 0.478 bits per heavy atom. The molecule has 0 spiro atoms. The Bertz CT molecular complexity index is 2550. The maximum Gasteiger partial charge on any atom is 0.0449 e. The molecule has 0 saturated heterocycles. The van der Waals surface area contributed by atoms with Crippen molar-refractivity contribution in [2.24, 2.45) is 0 Å². The quantitative estimate of drug-likeness (QED) is 0.173. The molecule has 0 amide bonds. The van der Waals surface area contributed by atoms with Crippen molar-refractivity contribution in [2.75, 3.05) is 0 Å². The topological polar surface area (TPSA) is 0 Å². The fourth-order valence-electron chi connectivity index (χ4n) is 7.37. The molecule has 0 radical (unpaired) electrons. The summed E-state index contributed by atoms with van der Waals surface area (Å²) >= 11 is 3.76. The van der Waals surface area contributed by atoms with Gasteiger partial charge in [-0.15, -0.1) is 22.7 Å². The van der Waals surface area contributed by atoms with Gasteiger partial charge in [-0.1, -0.05) is 121 Å². The van der Waals surface area contributed by atoms with Crippen LogP contribution in [0.25, 0.3) is 95.3 Å². The van der Waals surface area contributed by atoms with E-state index in [0.717, 1.165) is 0 Å². The second-order valence-electron chi connectivity index (χ2n) is 12.0. The summed E-state index contributed by atoms with van der Waals surface area (Å²) in [5.41, 5.74) is 2.55. The molecule has 8 aromatic carbocycles. The summed E-state index contributed by atoms with van der Waals surface area (Å²) in [5, 5.41) is 15.8. The zero-order valence-corrected chi connectivity index (χ0v) is 26.5. The minimum Gasteiger partial charge on any atom is -0.134 e. The summed E-state index contributed by atoms with van der Waals surface area (Å²) < 4.78 is 0. The third kappa shape index (κ3) is 3.91. The standard InChI is InChI=1S/C44H26S2/c1-3-13-33-29(9-1)31-11-5-7-15-35(31)39-25-27(17-19-37(33)39)41-21-23-43(45-41)44-24-22-42(46-44)28-18-20-38-34-14-4-2-10-30(34)32-12-6-8-16-36(32)40(38)26-28/h1-26H. The summed E-state index contributed by atoms with van der Waals surface area (Å²) in [6.45, 7) is 0. The molecule has 0 saturated carbocycles. The Morgan fingerprint density at radius 3 is 0.804 bits per heavy atom. The lowest BCUT2D eigenvalue weighted by molar-refractivity contribution is 1.76. The smallest absolute Gasteiger partial charge is 0.0449 e. The highest BCUT2D eigenvalue weighted by molar-refractivity contribution is 7.25. The van der Waals surface area contributed by atoms with E-state index in [1.807, 2.05) is 22.7 Å². The molecule has 46 heavy (non-hydrogen) atoms. The van der Waals surface area contributed by atoms with Gasteiger partial charge in [-0.2, -0.15) is 0 Å². The van der Waals surface area contributed by atoms with Gasteiger partial charge in [0.1, 0.15) is 0 Å². The van der Waals surface area contributed by atoms with Gasteiger partial charge in [-0.05, 0) is 112 Å². The first kappa shape index (κ1) is 26.0. The molecule has 0 N–H and O–H groups in total. The van der Waals surface area contributed by atoms with Crippen LogP contribution in [-0.2, 0) is 0 Å². The average molecular weight is 619 g/mol. The molecule has 2 heterocycles. The molecule has 0 atom stereocenters. The molecule has 10 aromatic rings. The van der Waals surface area contributed by atoms with Gasteiger partial charge in [0.2, 0.25) is 0 Å². The predicted molar refractivity (Wildman–Crippen MR) is 204 cm³/mol. The van der Waals surface area contributed by atoms with Crippen LogP contribution in [0.3, 0.4) is 0 Å². The lowest BCUT2D eigenvalue weighted by Crippen LogP contribution is -1.83. The van der Waals surface area contributed by atoms with Gasteiger partial charge in [-0.25, -0.2) is 0 Å². The average Bonchev–Trinajstić information content (AvgIpc) is 3.83. The lowest BCUT2D eigenvalue weighted by Gasteiger charge is -2.11. The number of hydrogen-bond donors (Lipinski definition) is 0. The third-order valence-electron chi connectivity index (χ3n) is 9.51. The molecule has 2 heteroatoms. The molecule has 0 aliphatic rings. The molecule has 0 bridgehead atoms. The van der Waals surface area contributed by atoms with Crippen molar-refractivity contribution < 1.29 is 0 Å². The largest absolute Gasteiger partial charge is 0.134 e. The van der Waals surface area contributed by atoms with Crippen molar-refractivity contribution in [1.82, 2.24) is 0 Å². The normalized spacial score (nSPS) is 11.9. The van der Waals surface area contributed by atoms with E-state index >= 15 is 0 Å². The van der Waals surface area contributed by atoms with E-state index in [9.17, 15) is 0 Å². The molecule has 0 aliphatic carbocycles. The van der Waals surface area contributed by atoms with E-state index in [1.54, 1.807) is 0 Å². The summed E-state index contributed by atoms with van der Waals surface area (Å²) in [4.78, 5) is 5.22. The zero-order chi connectivity index (χ0) is 30.2. The van der Waals surface area contributed by atoms with Crippen molar-refractivity contribution in [3.63, 3.8) is 0 Å². The third-order valence-corrected chi connectivity index (χ3v) is 12.0. The second-order valence-corrected chi connectivity index (χ2v) is 14.2. The molecule has 10 rings (SSSR count). The van der Waals surface area contributed by atoms with E-state index in [4.69, 9.17) is 0 Å². The lowest BCUT2D eigenvalue weighted by atomic mass is 9.93.